The summed E-state index contributed by atoms with van der Waals surface area (Å²) in [5.74, 6) is 0.461. The number of hydrogen-bond acceptors (Lipinski definition) is 5. The van der Waals surface area contributed by atoms with Crippen LogP contribution in [0.4, 0.5) is 0 Å². The van der Waals surface area contributed by atoms with Crippen molar-refractivity contribution < 1.29 is 9.84 Å². The van der Waals surface area contributed by atoms with E-state index in [1.165, 1.54) is 11.1 Å². The van der Waals surface area contributed by atoms with Gasteiger partial charge in [0.2, 0.25) is 5.88 Å². The van der Waals surface area contributed by atoms with Gasteiger partial charge in [-0.05, 0) is 11.4 Å². The average Bonchev–Trinajstić information content (AvgIpc) is 2.82. The first kappa shape index (κ1) is 11.0. The summed E-state index contributed by atoms with van der Waals surface area (Å²) in [6.07, 6.45) is 3.93. The Labute approximate surface area is 97.6 Å². The summed E-state index contributed by atoms with van der Waals surface area (Å²) in [5.41, 5.74) is 0.522. The maximum Gasteiger partial charge on any atom is 0.232 e. The smallest absolute Gasteiger partial charge is 0.232 e. The van der Waals surface area contributed by atoms with E-state index in [4.69, 9.17) is 9.84 Å². The first-order chi connectivity index (χ1) is 7.88. The van der Waals surface area contributed by atoms with Crippen molar-refractivity contribution in [2.75, 3.05) is 6.61 Å². The minimum Gasteiger partial charge on any atom is -0.476 e. The summed E-state index contributed by atoms with van der Waals surface area (Å²) in [5, 5.41) is 10.9. The Balaban J connectivity index is 1.85. The second-order valence-electron chi connectivity index (χ2n) is 3.18. The van der Waals surface area contributed by atoms with Crippen LogP contribution in [0.25, 0.3) is 0 Å². The molecule has 2 rings (SSSR count). The zero-order valence-electron chi connectivity index (χ0n) is 8.67. The van der Waals surface area contributed by atoms with Gasteiger partial charge in [-0.2, -0.15) is 0 Å². The Morgan fingerprint density at radius 3 is 3.06 bits per heavy atom. The fraction of sp³-hybridized carbons (Fsp3) is 0.273. The van der Waals surface area contributed by atoms with Gasteiger partial charge in [0, 0.05) is 11.3 Å². The van der Waals surface area contributed by atoms with E-state index >= 15 is 0 Å². The lowest BCUT2D eigenvalue weighted by atomic mass is 10.4. The van der Waals surface area contributed by atoms with Crippen LogP contribution in [0, 0.1) is 0 Å². The third-order valence-electron chi connectivity index (χ3n) is 2.00. The highest BCUT2D eigenvalue weighted by molar-refractivity contribution is 7.09. The second kappa shape index (κ2) is 5.58. The number of nitrogens with zero attached hydrogens (tertiary/aromatic N) is 2. The number of hydrogen-bond donors (Lipinski definition) is 1. The molecule has 0 saturated heterocycles. The van der Waals surface area contributed by atoms with Crippen molar-refractivity contribution in [2.24, 2.45) is 0 Å². The molecule has 0 aliphatic heterocycles. The van der Waals surface area contributed by atoms with E-state index < -0.39 is 0 Å². The third-order valence-corrected chi connectivity index (χ3v) is 2.94. The molecule has 0 aromatic carbocycles. The number of ether oxygens (including phenoxy) is 1. The van der Waals surface area contributed by atoms with Crippen molar-refractivity contribution in [3.63, 3.8) is 0 Å². The lowest BCUT2D eigenvalue weighted by molar-refractivity contribution is 0.268. The van der Waals surface area contributed by atoms with Gasteiger partial charge in [-0.25, -0.2) is 4.98 Å². The van der Waals surface area contributed by atoms with Gasteiger partial charge < -0.3 is 9.84 Å². The summed E-state index contributed by atoms with van der Waals surface area (Å²) in [6, 6.07) is 4.09. The van der Waals surface area contributed by atoms with E-state index in [0.717, 1.165) is 6.42 Å². The fourth-order valence-electron chi connectivity index (χ4n) is 1.24. The molecule has 0 aliphatic rings. The molecule has 0 atom stereocenters. The number of thiophene rings is 1. The SMILES string of the molecule is OCc1cncc(OCCc2cccs2)n1. The van der Waals surface area contributed by atoms with E-state index in [1.54, 1.807) is 17.5 Å². The van der Waals surface area contributed by atoms with E-state index in [-0.39, 0.29) is 6.61 Å². The van der Waals surface area contributed by atoms with Crippen LogP contribution >= 0.6 is 11.3 Å². The molecule has 0 radical (unpaired) electrons. The molecule has 0 bridgehead atoms. The van der Waals surface area contributed by atoms with E-state index in [1.807, 2.05) is 11.4 Å². The Morgan fingerprint density at radius 1 is 1.38 bits per heavy atom. The monoisotopic (exact) mass is 236 g/mol. The molecule has 0 saturated carbocycles. The average molecular weight is 236 g/mol. The predicted molar refractivity (Wildman–Crippen MR) is 61.5 cm³/mol. The molecule has 84 valence electrons. The lowest BCUT2D eigenvalue weighted by Gasteiger charge is -2.04. The van der Waals surface area contributed by atoms with Crippen LogP contribution in [-0.4, -0.2) is 21.7 Å². The third kappa shape index (κ3) is 3.01. The Hall–Kier alpha value is -1.46. The minimum absolute atomic E-state index is 0.116. The van der Waals surface area contributed by atoms with Gasteiger partial charge in [-0.15, -0.1) is 11.3 Å². The number of aliphatic hydroxyl groups excluding tert-OH is 1. The first-order valence-electron chi connectivity index (χ1n) is 4.95. The number of aliphatic hydroxyl groups is 1. The van der Waals surface area contributed by atoms with Crippen molar-refractivity contribution in [2.45, 2.75) is 13.0 Å². The zero-order valence-corrected chi connectivity index (χ0v) is 9.48. The molecule has 16 heavy (non-hydrogen) atoms. The van der Waals surface area contributed by atoms with Gasteiger partial charge in [0.05, 0.1) is 31.3 Å². The molecule has 2 aromatic rings. The normalized spacial score (nSPS) is 10.3. The maximum absolute atomic E-state index is 8.88. The molecular formula is C11H12N2O2S. The van der Waals surface area contributed by atoms with Crippen LogP contribution in [0.5, 0.6) is 5.88 Å². The predicted octanol–water partition coefficient (Wildman–Crippen LogP) is 1.65. The topological polar surface area (TPSA) is 55.2 Å². The van der Waals surface area contributed by atoms with Crippen LogP contribution in [0.15, 0.2) is 29.9 Å². The standard InChI is InChI=1S/C11H12N2O2S/c14-8-9-6-12-7-11(13-9)15-4-3-10-2-1-5-16-10/h1-2,5-7,14H,3-4,8H2. The van der Waals surface area contributed by atoms with Crippen LogP contribution in [0.2, 0.25) is 0 Å². The molecule has 0 fully saturated rings. The summed E-state index contributed by atoms with van der Waals surface area (Å²) in [7, 11) is 0. The van der Waals surface area contributed by atoms with Gasteiger partial charge in [-0.1, -0.05) is 6.07 Å². The summed E-state index contributed by atoms with van der Waals surface area (Å²) >= 11 is 1.71. The number of aromatic nitrogens is 2. The maximum atomic E-state index is 8.88. The molecular weight excluding hydrogens is 224 g/mol. The summed E-state index contributed by atoms with van der Waals surface area (Å²) < 4.78 is 5.44. The van der Waals surface area contributed by atoms with Crippen LogP contribution in [0.1, 0.15) is 10.6 Å². The van der Waals surface area contributed by atoms with E-state index in [2.05, 4.69) is 16.0 Å². The van der Waals surface area contributed by atoms with Crippen molar-refractivity contribution in [3.8, 4) is 5.88 Å². The molecule has 4 nitrogen and oxygen atoms in total. The zero-order chi connectivity index (χ0) is 11.2. The Bertz CT molecular complexity index is 431. The van der Waals surface area contributed by atoms with Crippen LogP contribution in [0.3, 0.4) is 0 Å². The molecule has 5 heteroatoms. The van der Waals surface area contributed by atoms with E-state index in [0.29, 0.717) is 18.2 Å². The summed E-state index contributed by atoms with van der Waals surface area (Å²) in [6.45, 7) is 0.458. The first-order valence-corrected chi connectivity index (χ1v) is 5.83. The minimum atomic E-state index is -0.116. The van der Waals surface area contributed by atoms with Crippen molar-refractivity contribution >= 4 is 11.3 Å². The molecule has 0 spiro atoms. The van der Waals surface area contributed by atoms with Gasteiger partial charge in [0.15, 0.2) is 0 Å². The lowest BCUT2D eigenvalue weighted by Crippen LogP contribution is -2.03. The summed E-state index contributed by atoms with van der Waals surface area (Å²) in [4.78, 5) is 9.29. The highest BCUT2D eigenvalue weighted by Crippen LogP contribution is 2.10. The van der Waals surface area contributed by atoms with Gasteiger partial charge in [-0.3, -0.25) is 4.98 Å². The van der Waals surface area contributed by atoms with E-state index in [9.17, 15) is 0 Å². The van der Waals surface area contributed by atoms with Gasteiger partial charge >= 0.3 is 0 Å². The molecule has 0 unspecified atom stereocenters. The van der Waals surface area contributed by atoms with Crippen molar-refractivity contribution in [1.29, 1.82) is 0 Å². The van der Waals surface area contributed by atoms with Gasteiger partial charge in [0.25, 0.3) is 0 Å². The van der Waals surface area contributed by atoms with Crippen molar-refractivity contribution in [3.05, 3.63) is 40.5 Å². The quantitative estimate of drug-likeness (QED) is 0.857. The largest absolute Gasteiger partial charge is 0.476 e. The second-order valence-corrected chi connectivity index (χ2v) is 4.22. The molecule has 0 amide bonds. The molecule has 2 heterocycles. The highest BCUT2D eigenvalue weighted by Gasteiger charge is 1.99. The van der Waals surface area contributed by atoms with Crippen molar-refractivity contribution in [1.82, 2.24) is 9.97 Å². The van der Waals surface area contributed by atoms with Crippen LogP contribution in [-0.2, 0) is 13.0 Å². The highest BCUT2D eigenvalue weighted by atomic mass is 32.1. The fourth-order valence-corrected chi connectivity index (χ4v) is 1.93. The molecule has 2 aromatic heterocycles. The number of rotatable bonds is 5. The Kier molecular flexibility index (Phi) is 3.85. The molecule has 1 N–H and O–H groups in total. The van der Waals surface area contributed by atoms with Gasteiger partial charge in [0.1, 0.15) is 0 Å². The molecule has 0 aliphatic carbocycles. The van der Waals surface area contributed by atoms with Crippen LogP contribution < -0.4 is 4.74 Å². The Morgan fingerprint density at radius 2 is 2.31 bits per heavy atom.